The van der Waals surface area contributed by atoms with Gasteiger partial charge in [0.05, 0.1) is 22.1 Å². The molecule has 85 heavy (non-hydrogen) atoms. The SMILES string of the molecule is Clc1cc2c3c(cccc3n1)-c1ccccc1-2.c1ccc2c(c1)-c1cccc3nc(-n4c5ccccc5c5cc(-c6ccc7oc8ccccc8c7c6)ccc54)cc-2c13.c1ccc2c(c1)[nH]c1ccc(-c3ccc4oc5ccccc5c4c3)cc12. The zero-order chi connectivity index (χ0) is 55.9. The lowest BCUT2D eigenvalue weighted by molar-refractivity contribution is 0.668. The van der Waals surface area contributed by atoms with Crippen molar-refractivity contribution >= 4 is 121 Å². The van der Waals surface area contributed by atoms with Crippen molar-refractivity contribution in [1.82, 2.24) is 19.5 Å². The highest BCUT2D eigenvalue weighted by Crippen LogP contribution is 2.49. The molecule has 0 atom stereocenters. The van der Waals surface area contributed by atoms with E-state index in [0.717, 1.165) is 71.8 Å². The van der Waals surface area contributed by atoms with Crippen LogP contribution >= 0.6 is 11.6 Å². The molecule has 0 fully saturated rings. The Hall–Kier alpha value is -11.1. The number of pyridine rings is 2. The minimum atomic E-state index is 0.557. The number of aromatic nitrogens is 4. The van der Waals surface area contributed by atoms with Crippen LogP contribution in [0.5, 0.6) is 0 Å². The quantitative estimate of drug-likeness (QED) is 0.179. The molecule has 2 aliphatic rings. The van der Waals surface area contributed by atoms with E-state index >= 15 is 0 Å². The van der Waals surface area contributed by atoms with Crippen molar-refractivity contribution in [3.05, 3.63) is 272 Å². The number of nitrogens with one attached hydrogen (secondary N) is 1. The molecule has 12 aromatic carbocycles. The summed E-state index contributed by atoms with van der Waals surface area (Å²) in [5.41, 5.74) is 25.2. The summed E-state index contributed by atoms with van der Waals surface area (Å²) in [6.45, 7) is 0. The topological polar surface area (TPSA) is 72.8 Å². The molecule has 20 rings (SSSR count). The summed E-state index contributed by atoms with van der Waals surface area (Å²) in [6.07, 6.45) is 0. The van der Waals surface area contributed by atoms with Crippen LogP contribution in [-0.2, 0) is 0 Å². The summed E-state index contributed by atoms with van der Waals surface area (Å²) >= 11 is 6.08. The molecule has 0 aliphatic heterocycles. The van der Waals surface area contributed by atoms with E-state index in [9.17, 15) is 0 Å². The van der Waals surface area contributed by atoms with Crippen LogP contribution in [0, 0.1) is 0 Å². The molecule has 6 aromatic heterocycles. The van der Waals surface area contributed by atoms with E-state index in [1.54, 1.807) is 0 Å². The lowest BCUT2D eigenvalue weighted by Crippen LogP contribution is -1.98. The molecule has 0 spiro atoms. The van der Waals surface area contributed by atoms with Crippen LogP contribution < -0.4 is 0 Å². The minimum Gasteiger partial charge on any atom is -0.456 e. The number of rotatable bonds is 3. The molecule has 1 N–H and O–H groups in total. The Morgan fingerprint density at radius 2 is 0.729 bits per heavy atom. The molecular weight excluding hydrogens is 1060 g/mol. The average Bonchev–Trinajstić information content (AvgIpc) is 2.43. The van der Waals surface area contributed by atoms with Crippen molar-refractivity contribution in [2.75, 3.05) is 0 Å². The predicted octanol–water partition coefficient (Wildman–Crippen LogP) is 22.0. The van der Waals surface area contributed by atoms with Gasteiger partial charge in [0.1, 0.15) is 33.3 Å². The third-order valence-corrected chi connectivity index (χ3v) is 17.7. The average molecular weight is 1110 g/mol. The van der Waals surface area contributed by atoms with E-state index in [1.165, 1.54) is 110 Å². The highest BCUT2D eigenvalue weighted by Gasteiger charge is 2.25. The van der Waals surface area contributed by atoms with E-state index in [2.05, 4.69) is 239 Å². The Morgan fingerprint density at radius 3 is 1.36 bits per heavy atom. The molecule has 0 amide bonds. The number of H-pyrrole nitrogens is 1. The van der Waals surface area contributed by atoms with Crippen LogP contribution in [0.3, 0.4) is 0 Å². The van der Waals surface area contributed by atoms with Crippen molar-refractivity contribution in [3.8, 4) is 72.6 Å². The zero-order valence-corrected chi connectivity index (χ0v) is 46.2. The second kappa shape index (κ2) is 18.5. The first-order valence-electron chi connectivity index (χ1n) is 28.6. The van der Waals surface area contributed by atoms with Gasteiger partial charge in [0.25, 0.3) is 0 Å². The third-order valence-electron chi connectivity index (χ3n) is 17.5. The fraction of sp³-hybridized carbons (Fsp3) is 0. The molecule has 0 bridgehead atoms. The number of nitrogens with zero attached hydrogens (tertiary/aromatic N) is 3. The van der Waals surface area contributed by atoms with Gasteiger partial charge in [-0.25, -0.2) is 9.97 Å². The highest BCUT2D eigenvalue weighted by atomic mass is 35.5. The van der Waals surface area contributed by atoms with E-state index in [1.807, 2.05) is 42.5 Å². The Labute approximate surface area is 491 Å². The standard InChI is InChI=1S/C39H22N2O.C24H15NO.C15H8ClN/c1-2-9-26-25(8-1)29-12-7-13-33-39(29)32(26)22-38(40-33)41-34-14-5-3-10-27(34)30-20-23(16-18-35(30)41)24-17-19-37-31(21-24)28-11-4-6-15-36(28)42-37;1-3-7-21-17(5-1)19-13-15(9-11-22(19)25-21)16-10-12-24-20(14-16)18-6-2-4-8-23(18)26-24;16-14-8-12-10-5-2-1-4-9(10)11-6-3-7-13(17-14)15(11)12/h1-22H;1-14,25H;1-8H. The second-order valence-corrected chi connectivity index (χ2v) is 22.5. The molecule has 0 saturated carbocycles. The summed E-state index contributed by atoms with van der Waals surface area (Å²) in [5.74, 6) is 0.941. The van der Waals surface area contributed by atoms with Gasteiger partial charge in [-0.05, 0) is 164 Å². The van der Waals surface area contributed by atoms with E-state index < -0.39 is 0 Å². The summed E-state index contributed by atoms with van der Waals surface area (Å²) < 4.78 is 14.4. The molecule has 6 nitrogen and oxygen atoms in total. The molecule has 7 heteroatoms. The molecule has 0 unspecified atom stereocenters. The Kier molecular flexibility index (Phi) is 10.3. The maximum absolute atomic E-state index is 6.09. The lowest BCUT2D eigenvalue weighted by Gasteiger charge is -2.11. The van der Waals surface area contributed by atoms with Gasteiger partial charge in [0.15, 0.2) is 0 Å². The van der Waals surface area contributed by atoms with Crippen molar-refractivity contribution < 1.29 is 8.83 Å². The Bertz CT molecular complexity index is 5730. The monoisotopic (exact) mass is 1100 g/mol. The van der Waals surface area contributed by atoms with Crippen LogP contribution in [0.4, 0.5) is 0 Å². The molecule has 0 saturated heterocycles. The van der Waals surface area contributed by atoms with Crippen molar-refractivity contribution in [2.45, 2.75) is 0 Å². The normalized spacial score (nSPS) is 12.1. The fourth-order valence-corrected chi connectivity index (χ4v) is 13.9. The maximum atomic E-state index is 6.09. The van der Waals surface area contributed by atoms with Gasteiger partial charge >= 0.3 is 0 Å². The number of fused-ring (bicyclic) bond motifs is 18. The van der Waals surface area contributed by atoms with Crippen LogP contribution in [-0.4, -0.2) is 19.5 Å². The molecule has 0 radical (unpaired) electrons. The van der Waals surface area contributed by atoms with Crippen molar-refractivity contribution in [1.29, 1.82) is 0 Å². The number of halogens is 1. The number of hydrogen-bond donors (Lipinski definition) is 1. The molecule has 18 aromatic rings. The number of benzene rings is 12. The van der Waals surface area contributed by atoms with Crippen LogP contribution in [0.2, 0.25) is 5.15 Å². The maximum Gasteiger partial charge on any atom is 0.138 e. The number of aromatic amines is 1. The van der Waals surface area contributed by atoms with E-state index in [4.69, 9.17) is 25.4 Å². The van der Waals surface area contributed by atoms with Gasteiger partial charge in [-0.15, -0.1) is 0 Å². The summed E-state index contributed by atoms with van der Waals surface area (Å²) in [7, 11) is 0. The summed E-state index contributed by atoms with van der Waals surface area (Å²) in [5, 5.41) is 12.6. The zero-order valence-electron chi connectivity index (χ0n) is 45.4. The Balaban J connectivity index is 0.000000108. The number of para-hydroxylation sites is 4. The van der Waals surface area contributed by atoms with Gasteiger partial charge in [-0.2, -0.15) is 0 Å². The van der Waals surface area contributed by atoms with Crippen molar-refractivity contribution in [3.63, 3.8) is 0 Å². The minimum absolute atomic E-state index is 0.557. The number of hydrogen-bond acceptors (Lipinski definition) is 4. The number of furan rings is 2. The van der Waals surface area contributed by atoms with Gasteiger partial charge in [-0.3, -0.25) is 4.57 Å². The lowest BCUT2D eigenvalue weighted by atomic mass is 10.0. The summed E-state index contributed by atoms with van der Waals surface area (Å²) in [6, 6.07) is 94.0. The summed E-state index contributed by atoms with van der Waals surface area (Å²) in [4.78, 5) is 13.1. The van der Waals surface area contributed by atoms with Gasteiger partial charge in [-0.1, -0.05) is 181 Å². The van der Waals surface area contributed by atoms with Gasteiger partial charge in [0.2, 0.25) is 0 Å². The molecule has 2 aliphatic carbocycles. The third kappa shape index (κ3) is 7.39. The smallest absolute Gasteiger partial charge is 0.138 e. The first kappa shape index (κ1) is 47.6. The largest absolute Gasteiger partial charge is 0.456 e. The second-order valence-electron chi connectivity index (χ2n) is 22.1. The van der Waals surface area contributed by atoms with E-state index in [0.29, 0.717) is 5.15 Å². The first-order chi connectivity index (χ1) is 42.0. The van der Waals surface area contributed by atoms with Crippen LogP contribution in [0.15, 0.2) is 276 Å². The fourth-order valence-electron chi connectivity index (χ4n) is 13.7. The van der Waals surface area contributed by atoms with Crippen molar-refractivity contribution in [2.24, 2.45) is 0 Å². The van der Waals surface area contributed by atoms with Crippen LogP contribution in [0.25, 0.3) is 182 Å². The highest BCUT2D eigenvalue weighted by molar-refractivity contribution is 6.31. The first-order valence-corrected chi connectivity index (χ1v) is 29.0. The Morgan fingerprint density at radius 1 is 0.294 bits per heavy atom. The molecule has 396 valence electrons. The van der Waals surface area contributed by atoms with Gasteiger partial charge in [0, 0.05) is 64.9 Å². The molecular formula is C78H45ClN4O2. The predicted molar refractivity (Wildman–Crippen MR) is 353 cm³/mol. The van der Waals surface area contributed by atoms with E-state index in [-0.39, 0.29) is 0 Å². The van der Waals surface area contributed by atoms with Crippen LogP contribution in [0.1, 0.15) is 0 Å². The van der Waals surface area contributed by atoms with Gasteiger partial charge < -0.3 is 13.8 Å². The molecule has 6 heterocycles.